The van der Waals surface area contributed by atoms with Crippen molar-refractivity contribution in [3.63, 3.8) is 0 Å². The van der Waals surface area contributed by atoms with Gasteiger partial charge in [0, 0.05) is 22.1 Å². The second kappa shape index (κ2) is 9.66. The number of amides is 1. The lowest BCUT2D eigenvalue weighted by atomic mass is 10.2. The highest BCUT2D eigenvalue weighted by Crippen LogP contribution is 2.30. The minimum Gasteiger partial charge on any atom is -0.493 e. The number of para-hydroxylation sites is 1. The summed E-state index contributed by atoms with van der Waals surface area (Å²) < 4.78 is 17.3. The number of ether oxygens (including phenoxy) is 2. The fourth-order valence-corrected chi connectivity index (χ4v) is 3.60. The average Bonchev–Trinajstić information content (AvgIpc) is 3.19. The number of oxazole rings is 1. The van der Waals surface area contributed by atoms with E-state index in [-0.39, 0.29) is 11.7 Å². The number of hydrogen-bond donors (Lipinski definition) is 1. The molecule has 28 heavy (non-hydrogen) atoms. The molecule has 8 heteroatoms. The van der Waals surface area contributed by atoms with Crippen LogP contribution in [0.3, 0.4) is 0 Å². The summed E-state index contributed by atoms with van der Waals surface area (Å²) in [6.45, 7) is 0.342. The number of nitrogens with one attached hydrogen (secondary N) is 1. The zero-order valence-corrected chi connectivity index (χ0v) is 17.8. The number of carbonyl (C=O) groups excluding carboxylic acids is 1. The van der Waals surface area contributed by atoms with Gasteiger partial charge in [0.05, 0.1) is 26.2 Å². The van der Waals surface area contributed by atoms with Gasteiger partial charge in [0.25, 0.3) is 5.22 Å². The molecule has 3 rings (SSSR count). The van der Waals surface area contributed by atoms with Crippen molar-refractivity contribution < 1.29 is 18.7 Å². The lowest BCUT2D eigenvalue weighted by Crippen LogP contribution is -2.24. The zero-order chi connectivity index (χ0) is 19.9. The van der Waals surface area contributed by atoms with Crippen LogP contribution in [0.5, 0.6) is 11.5 Å². The molecule has 0 saturated heterocycles. The van der Waals surface area contributed by atoms with E-state index in [0.717, 1.165) is 15.6 Å². The maximum absolute atomic E-state index is 12.2. The summed E-state index contributed by atoms with van der Waals surface area (Å²) in [6, 6.07) is 13.3. The third-order valence-corrected chi connectivity index (χ3v) is 5.22. The molecule has 0 aliphatic carbocycles. The maximum Gasteiger partial charge on any atom is 0.256 e. The zero-order valence-electron chi connectivity index (χ0n) is 15.4. The number of carbonyl (C=O) groups is 1. The smallest absolute Gasteiger partial charge is 0.256 e. The number of aromatic nitrogens is 1. The average molecular weight is 463 g/mol. The molecular formula is C20H19BrN2O4S. The molecule has 0 saturated carbocycles. The van der Waals surface area contributed by atoms with E-state index in [2.05, 4.69) is 26.2 Å². The first kappa shape index (κ1) is 20.3. The van der Waals surface area contributed by atoms with Crippen LogP contribution in [-0.2, 0) is 11.3 Å². The normalized spacial score (nSPS) is 10.5. The Labute approximate surface area is 175 Å². The van der Waals surface area contributed by atoms with Crippen LogP contribution in [0.4, 0.5) is 0 Å². The molecule has 1 heterocycles. The largest absolute Gasteiger partial charge is 0.493 e. The highest BCUT2D eigenvalue weighted by molar-refractivity contribution is 9.10. The monoisotopic (exact) mass is 462 g/mol. The lowest BCUT2D eigenvalue weighted by Gasteiger charge is -2.12. The van der Waals surface area contributed by atoms with Crippen molar-refractivity contribution in [2.24, 2.45) is 0 Å². The van der Waals surface area contributed by atoms with Gasteiger partial charge in [0.1, 0.15) is 0 Å². The Hall–Kier alpha value is -2.45. The molecule has 0 spiro atoms. The van der Waals surface area contributed by atoms with Gasteiger partial charge in [-0.25, -0.2) is 4.98 Å². The summed E-state index contributed by atoms with van der Waals surface area (Å²) in [5.74, 6) is 1.97. The first-order valence-corrected chi connectivity index (χ1v) is 10.2. The number of methoxy groups -OCH3 is 2. The van der Waals surface area contributed by atoms with Gasteiger partial charge in [-0.15, -0.1) is 0 Å². The molecule has 1 aromatic heterocycles. The van der Waals surface area contributed by atoms with Gasteiger partial charge in [-0.1, -0.05) is 52.0 Å². The van der Waals surface area contributed by atoms with Gasteiger partial charge >= 0.3 is 0 Å². The van der Waals surface area contributed by atoms with E-state index in [1.807, 2.05) is 42.5 Å². The molecule has 0 aliphatic rings. The Balaban J connectivity index is 1.54. The van der Waals surface area contributed by atoms with Gasteiger partial charge < -0.3 is 19.2 Å². The molecule has 2 aromatic carbocycles. The lowest BCUT2D eigenvalue weighted by molar-refractivity contribution is -0.118. The number of halogens is 1. The molecule has 6 nitrogen and oxygen atoms in total. The number of thioether (sulfide) groups is 1. The van der Waals surface area contributed by atoms with Crippen LogP contribution in [-0.4, -0.2) is 30.9 Å². The Kier molecular flexibility index (Phi) is 7.00. The Morgan fingerprint density at radius 2 is 2.04 bits per heavy atom. The van der Waals surface area contributed by atoms with E-state index in [0.29, 0.717) is 29.0 Å². The fraction of sp³-hybridized carbons (Fsp3) is 0.200. The number of hydrogen-bond acceptors (Lipinski definition) is 6. The maximum atomic E-state index is 12.2. The quantitative estimate of drug-likeness (QED) is 0.495. The molecule has 3 aromatic rings. The predicted molar refractivity (Wildman–Crippen MR) is 112 cm³/mol. The van der Waals surface area contributed by atoms with Crippen LogP contribution >= 0.6 is 27.7 Å². The summed E-state index contributed by atoms with van der Waals surface area (Å²) in [5, 5.41) is 3.32. The number of rotatable bonds is 8. The predicted octanol–water partition coefficient (Wildman–Crippen LogP) is 4.53. The molecule has 146 valence electrons. The van der Waals surface area contributed by atoms with Gasteiger partial charge in [0.2, 0.25) is 5.91 Å². The van der Waals surface area contributed by atoms with Crippen molar-refractivity contribution in [3.05, 3.63) is 58.7 Å². The Morgan fingerprint density at radius 1 is 1.21 bits per heavy atom. The van der Waals surface area contributed by atoms with Crippen LogP contribution in [0.1, 0.15) is 5.56 Å². The Morgan fingerprint density at radius 3 is 2.79 bits per heavy atom. The van der Waals surface area contributed by atoms with Crippen molar-refractivity contribution in [1.82, 2.24) is 10.3 Å². The number of nitrogens with zero attached hydrogens (tertiary/aromatic N) is 1. The van der Waals surface area contributed by atoms with E-state index in [1.165, 1.54) is 11.8 Å². The van der Waals surface area contributed by atoms with Gasteiger partial charge in [-0.3, -0.25) is 4.79 Å². The molecule has 0 unspecified atom stereocenters. The SMILES string of the molecule is COc1cccc(CNC(=O)CSc2ncc(-c3cccc(Br)c3)o2)c1OC. The summed E-state index contributed by atoms with van der Waals surface area (Å²) >= 11 is 4.68. The van der Waals surface area contributed by atoms with Crippen molar-refractivity contribution in [2.45, 2.75) is 11.8 Å². The second-order valence-corrected chi connectivity index (χ2v) is 7.56. The third-order valence-electron chi connectivity index (χ3n) is 3.88. The Bertz CT molecular complexity index is 961. The number of benzene rings is 2. The molecule has 0 radical (unpaired) electrons. The van der Waals surface area contributed by atoms with Gasteiger partial charge in [-0.05, 0) is 18.2 Å². The first-order valence-electron chi connectivity index (χ1n) is 8.42. The van der Waals surface area contributed by atoms with E-state index < -0.39 is 0 Å². The molecule has 0 atom stereocenters. The molecule has 1 N–H and O–H groups in total. The second-order valence-electron chi connectivity index (χ2n) is 5.72. The van der Waals surface area contributed by atoms with Crippen LogP contribution in [0.15, 0.2) is 62.8 Å². The topological polar surface area (TPSA) is 73.6 Å². The van der Waals surface area contributed by atoms with Crippen LogP contribution in [0.25, 0.3) is 11.3 Å². The van der Waals surface area contributed by atoms with Crippen molar-refractivity contribution >= 4 is 33.6 Å². The van der Waals surface area contributed by atoms with Crippen molar-refractivity contribution in [3.8, 4) is 22.8 Å². The highest BCUT2D eigenvalue weighted by Gasteiger charge is 2.12. The molecular weight excluding hydrogens is 444 g/mol. The van der Waals surface area contributed by atoms with E-state index >= 15 is 0 Å². The van der Waals surface area contributed by atoms with Crippen LogP contribution < -0.4 is 14.8 Å². The van der Waals surface area contributed by atoms with E-state index in [1.54, 1.807) is 20.4 Å². The van der Waals surface area contributed by atoms with E-state index in [4.69, 9.17) is 13.9 Å². The highest BCUT2D eigenvalue weighted by atomic mass is 79.9. The van der Waals surface area contributed by atoms with E-state index in [9.17, 15) is 4.79 Å². The minimum absolute atomic E-state index is 0.128. The summed E-state index contributed by atoms with van der Waals surface area (Å²) in [4.78, 5) is 16.4. The molecule has 0 aliphatic heterocycles. The molecule has 1 amide bonds. The van der Waals surface area contributed by atoms with Gasteiger partial charge in [0.15, 0.2) is 17.3 Å². The summed E-state index contributed by atoms with van der Waals surface area (Å²) in [6.07, 6.45) is 1.66. The van der Waals surface area contributed by atoms with Crippen LogP contribution in [0, 0.1) is 0 Å². The standard InChI is InChI=1S/C20H19BrN2O4S/c1-25-16-8-4-6-14(19(16)26-2)10-22-18(24)12-28-20-23-11-17(27-20)13-5-3-7-15(21)9-13/h3-9,11H,10,12H2,1-2H3,(H,22,24). The minimum atomic E-state index is -0.128. The summed E-state index contributed by atoms with van der Waals surface area (Å²) in [5.41, 5.74) is 1.76. The fourth-order valence-electron chi connectivity index (χ4n) is 2.57. The summed E-state index contributed by atoms with van der Waals surface area (Å²) in [7, 11) is 3.15. The molecule has 0 bridgehead atoms. The third kappa shape index (κ3) is 5.08. The van der Waals surface area contributed by atoms with Crippen molar-refractivity contribution in [1.29, 1.82) is 0 Å². The van der Waals surface area contributed by atoms with Crippen molar-refractivity contribution in [2.75, 3.05) is 20.0 Å². The van der Waals surface area contributed by atoms with Gasteiger partial charge in [-0.2, -0.15) is 0 Å². The first-order chi connectivity index (χ1) is 13.6. The molecule has 0 fully saturated rings. The van der Waals surface area contributed by atoms with Crippen LogP contribution in [0.2, 0.25) is 0 Å².